The van der Waals surface area contributed by atoms with Crippen molar-refractivity contribution in [1.29, 1.82) is 0 Å². The number of benzene rings is 1. The maximum Gasteiger partial charge on any atom is 0.408 e. The fraction of sp³-hybridized carbons (Fsp3) is 0.500. The average molecular weight is 324 g/mol. The van der Waals surface area contributed by atoms with Gasteiger partial charge in [0.25, 0.3) is 0 Å². The summed E-state index contributed by atoms with van der Waals surface area (Å²) in [4.78, 5) is 28.0. The second-order valence-corrected chi connectivity index (χ2v) is 5.99. The Morgan fingerprint density at radius 2 is 1.87 bits per heavy atom. The fourth-order valence-corrected chi connectivity index (χ4v) is 1.69. The van der Waals surface area contributed by atoms with E-state index in [0.29, 0.717) is 6.61 Å². The van der Waals surface area contributed by atoms with Crippen molar-refractivity contribution in [2.45, 2.75) is 45.4 Å². The quantitative estimate of drug-likeness (QED) is 0.500. The summed E-state index contributed by atoms with van der Waals surface area (Å²) in [5.41, 5.74) is 3.01. The van der Waals surface area contributed by atoms with Crippen LogP contribution in [0.2, 0.25) is 0 Å². The predicted molar refractivity (Wildman–Crippen MR) is 84.6 cm³/mol. The zero-order valence-corrected chi connectivity index (χ0v) is 13.7. The second kappa shape index (κ2) is 9.12. The number of carboxylic acids is 1. The first kappa shape index (κ1) is 18.9. The molecular weight excluding hydrogens is 300 g/mol. The third kappa shape index (κ3) is 8.80. The molecule has 23 heavy (non-hydrogen) atoms. The van der Waals surface area contributed by atoms with Crippen molar-refractivity contribution in [3.05, 3.63) is 35.9 Å². The minimum absolute atomic E-state index is 0.170. The van der Waals surface area contributed by atoms with Gasteiger partial charge in [-0.25, -0.2) is 15.1 Å². The standard InChI is InChI=1S/C16H24N2O5/c1-16(2,3)23-15(21)18-13(14(19)20)9-10-17-22-11-12-7-5-4-6-8-12/h4-8,13,17H,9-11H2,1-3H3,(H,18,21)(H,19,20)/t13-/m1/s1. The highest BCUT2D eigenvalue weighted by atomic mass is 16.6. The number of hydrogen-bond acceptors (Lipinski definition) is 5. The van der Waals surface area contributed by atoms with Gasteiger partial charge in [-0.2, -0.15) is 0 Å². The lowest BCUT2D eigenvalue weighted by Crippen LogP contribution is -2.44. The Labute approximate surface area is 135 Å². The van der Waals surface area contributed by atoms with Gasteiger partial charge in [-0.05, 0) is 32.8 Å². The zero-order chi connectivity index (χ0) is 17.3. The summed E-state index contributed by atoms with van der Waals surface area (Å²) in [5, 5.41) is 11.4. The molecule has 0 saturated heterocycles. The van der Waals surface area contributed by atoms with Gasteiger partial charge in [0.15, 0.2) is 0 Å². The van der Waals surface area contributed by atoms with Crippen LogP contribution in [0, 0.1) is 0 Å². The van der Waals surface area contributed by atoms with Crippen LogP contribution in [0.3, 0.4) is 0 Å². The first-order valence-corrected chi connectivity index (χ1v) is 7.39. The number of rotatable bonds is 8. The van der Waals surface area contributed by atoms with Crippen LogP contribution in [0.15, 0.2) is 30.3 Å². The average Bonchev–Trinajstić information content (AvgIpc) is 2.44. The van der Waals surface area contributed by atoms with E-state index in [1.54, 1.807) is 20.8 Å². The van der Waals surface area contributed by atoms with E-state index >= 15 is 0 Å². The van der Waals surface area contributed by atoms with Crippen LogP contribution < -0.4 is 10.8 Å². The number of hydrogen-bond donors (Lipinski definition) is 3. The molecule has 3 N–H and O–H groups in total. The van der Waals surface area contributed by atoms with Gasteiger partial charge in [0, 0.05) is 6.54 Å². The molecule has 1 amide bonds. The Balaban J connectivity index is 2.28. The van der Waals surface area contributed by atoms with Gasteiger partial charge in [0.1, 0.15) is 11.6 Å². The number of alkyl carbamates (subject to hydrolysis) is 1. The molecule has 0 heterocycles. The maximum absolute atomic E-state index is 11.6. The van der Waals surface area contributed by atoms with E-state index in [-0.39, 0.29) is 13.0 Å². The van der Waals surface area contributed by atoms with E-state index in [4.69, 9.17) is 14.7 Å². The van der Waals surface area contributed by atoms with Gasteiger partial charge in [0.2, 0.25) is 0 Å². The summed E-state index contributed by atoms with van der Waals surface area (Å²) in [6.07, 6.45) is -0.585. The van der Waals surface area contributed by atoms with Crippen LogP contribution in [0.5, 0.6) is 0 Å². The Morgan fingerprint density at radius 1 is 1.22 bits per heavy atom. The first-order chi connectivity index (χ1) is 10.8. The van der Waals surface area contributed by atoms with Crippen molar-refractivity contribution in [1.82, 2.24) is 10.8 Å². The molecule has 0 radical (unpaired) electrons. The molecule has 1 rings (SSSR count). The molecule has 0 spiro atoms. The molecule has 0 aliphatic heterocycles. The minimum Gasteiger partial charge on any atom is -0.480 e. The predicted octanol–water partition coefficient (Wildman–Crippen LogP) is 2.08. The molecule has 7 nitrogen and oxygen atoms in total. The molecule has 0 aromatic heterocycles. The van der Waals surface area contributed by atoms with Crippen molar-refractivity contribution in [3.8, 4) is 0 Å². The van der Waals surface area contributed by atoms with Crippen LogP contribution in [-0.4, -0.2) is 35.4 Å². The molecule has 0 unspecified atom stereocenters. The van der Waals surface area contributed by atoms with Gasteiger partial charge in [0.05, 0.1) is 6.61 Å². The largest absolute Gasteiger partial charge is 0.480 e. The normalized spacial score (nSPS) is 12.5. The van der Waals surface area contributed by atoms with Crippen LogP contribution in [-0.2, 0) is 21.0 Å². The summed E-state index contributed by atoms with van der Waals surface area (Å²) in [6.45, 7) is 5.78. The highest BCUT2D eigenvalue weighted by Crippen LogP contribution is 2.07. The number of carbonyl (C=O) groups is 2. The fourth-order valence-electron chi connectivity index (χ4n) is 1.69. The number of ether oxygens (including phenoxy) is 1. The number of aliphatic carboxylic acids is 1. The van der Waals surface area contributed by atoms with Crippen LogP contribution in [0.4, 0.5) is 4.79 Å². The maximum atomic E-state index is 11.6. The molecule has 0 aliphatic rings. The second-order valence-electron chi connectivity index (χ2n) is 5.99. The van der Waals surface area contributed by atoms with Crippen molar-refractivity contribution < 1.29 is 24.3 Å². The van der Waals surface area contributed by atoms with E-state index in [1.807, 2.05) is 30.3 Å². The molecule has 128 valence electrons. The van der Waals surface area contributed by atoms with Gasteiger partial charge >= 0.3 is 12.1 Å². The molecule has 0 saturated carbocycles. The van der Waals surface area contributed by atoms with Crippen molar-refractivity contribution in [2.24, 2.45) is 0 Å². The number of hydroxylamine groups is 1. The summed E-state index contributed by atoms with van der Waals surface area (Å²) >= 11 is 0. The van der Waals surface area contributed by atoms with Crippen molar-refractivity contribution >= 4 is 12.1 Å². The number of amides is 1. The summed E-state index contributed by atoms with van der Waals surface area (Å²) < 4.78 is 5.04. The molecular formula is C16H24N2O5. The zero-order valence-electron chi connectivity index (χ0n) is 13.7. The third-order valence-electron chi connectivity index (χ3n) is 2.71. The Hall–Kier alpha value is -2.12. The van der Waals surface area contributed by atoms with E-state index in [9.17, 15) is 9.59 Å². The summed E-state index contributed by atoms with van der Waals surface area (Å²) in [6, 6.07) is 8.53. The van der Waals surface area contributed by atoms with Gasteiger partial charge in [-0.1, -0.05) is 30.3 Å². The third-order valence-corrected chi connectivity index (χ3v) is 2.71. The van der Waals surface area contributed by atoms with Gasteiger partial charge < -0.3 is 15.2 Å². The Morgan fingerprint density at radius 3 is 2.43 bits per heavy atom. The van der Waals surface area contributed by atoms with E-state index in [2.05, 4.69) is 10.8 Å². The molecule has 1 aromatic rings. The molecule has 7 heteroatoms. The smallest absolute Gasteiger partial charge is 0.408 e. The minimum atomic E-state index is -1.12. The van der Waals surface area contributed by atoms with Gasteiger partial charge in [-0.3, -0.25) is 4.84 Å². The number of carbonyl (C=O) groups excluding carboxylic acids is 1. The van der Waals surface area contributed by atoms with E-state index in [0.717, 1.165) is 5.56 Å². The molecule has 0 aliphatic carbocycles. The Kier molecular flexibility index (Phi) is 7.50. The topological polar surface area (TPSA) is 96.9 Å². The van der Waals surface area contributed by atoms with Crippen LogP contribution in [0.1, 0.15) is 32.8 Å². The lowest BCUT2D eigenvalue weighted by molar-refractivity contribution is -0.139. The molecule has 0 fully saturated rings. The SMILES string of the molecule is CC(C)(C)OC(=O)N[C@H](CCNOCc1ccccc1)C(=O)O. The molecule has 1 aromatic carbocycles. The van der Waals surface area contributed by atoms with Crippen molar-refractivity contribution in [3.63, 3.8) is 0 Å². The lowest BCUT2D eigenvalue weighted by Gasteiger charge is -2.22. The number of carboxylic acid groups (broad SMARTS) is 1. The van der Waals surface area contributed by atoms with Crippen LogP contribution >= 0.6 is 0 Å². The Bertz CT molecular complexity index is 499. The first-order valence-electron chi connectivity index (χ1n) is 7.39. The highest BCUT2D eigenvalue weighted by Gasteiger charge is 2.23. The van der Waals surface area contributed by atoms with Gasteiger partial charge in [-0.15, -0.1) is 0 Å². The lowest BCUT2D eigenvalue weighted by atomic mass is 10.2. The van der Waals surface area contributed by atoms with Crippen molar-refractivity contribution in [2.75, 3.05) is 6.54 Å². The monoisotopic (exact) mass is 324 g/mol. The summed E-state index contributed by atoms with van der Waals surface area (Å²) in [7, 11) is 0. The van der Waals surface area contributed by atoms with Crippen LogP contribution in [0.25, 0.3) is 0 Å². The number of nitrogens with one attached hydrogen (secondary N) is 2. The van der Waals surface area contributed by atoms with E-state index < -0.39 is 23.7 Å². The van der Waals surface area contributed by atoms with E-state index in [1.165, 1.54) is 0 Å². The highest BCUT2D eigenvalue weighted by molar-refractivity contribution is 5.79. The summed E-state index contributed by atoms with van der Waals surface area (Å²) in [5.74, 6) is -1.12. The molecule has 1 atom stereocenters. The molecule has 0 bridgehead atoms.